The minimum atomic E-state index is -3.05. The van der Waals surface area contributed by atoms with Crippen LogP contribution < -0.4 is 0 Å². The number of carboxylic acid groups (broad SMARTS) is 1. The van der Waals surface area contributed by atoms with Crippen molar-refractivity contribution < 1.29 is 23.5 Å². The predicted octanol–water partition coefficient (Wildman–Crippen LogP) is 1.60. The van der Waals surface area contributed by atoms with Crippen molar-refractivity contribution in [1.82, 2.24) is 0 Å². The Morgan fingerprint density at radius 3 is 2.69 bits per heavy atom. The second-order valence-corrected chi connectivity index (χ2v) is 4.92. The van der Waals surface area contributed by atoms with E-state index in [-0.39, 0.29) is 23.9 Å². The molecule has 0 aromatic rings. The Morgan fingerprint density at radius 1 is 1.69 bits per heavy atom. The van der Waals surface area contributed by atoms with E-state index in [4.69, 9.17) is 9.63 Å². The lowest BCUT2D eigenvalue weighted by atomic mass is 10.2. The molecule has 1 aliphatic heterocycles. The van der Waals surface area contributed by atoms with Gasteiger partial charge in [0.15, 0.2) is 0 Å². The van der Waals surface area contributed by atoms with Crippen molar-refractivity contribution in [3.8, 4) is 0 Å². The van der Waals surface area contributed by atoms with Gasteiger partial charge in [-0.3, -0.25) is 0 Å². The van der Waals surface area contributed by atoms with Crippen LogP contribution in [0.1, 0.15) is 13.3 Å². The molecule has 74 valence electrons. The number of carboxylic acids is 1. The lowest BCUT2D eigenvalue weighted by molar-refractivity contribution is -0.133. The summed E-state index contributed by atoms with van der Waals surface area (Å²) in [6, 6.07) is 0. The minimum Gasteiger partial charge on any atom is -0.478 e. The Balaban J connectivity index is 2.90. The van der Waals surface area contributed by atoms with Gasteiger partial charge in [-0.2, -0.15) is 0 Å². The molecule has 0 bridgehead atoms. The zero-order chi connectivity index (χ0) is 10.1. The summed E-state index contributed by atoms with van der Waals surface area (Å²) in [5.74, 6) is -0.844. The van der Waals surface area contributed by atoms with E-state index in [1.54, 1.807) is 0 Å². The van der Waals surface area contributed by atoms with Crippen LogP contribution >= 0.6 is 7.60 Å². The monoisotopic (exact) mass is 206 g/mol. The van der Waals surface area contributed by atoms with Crippen molar-refractivity contribution >= 4 is 13.6 Å². The van der Waals surface area contributed by atoms with Crippen LogP contribution in [0.2, 0.25) is 0 Å². The van der Waals surface area contributed by atoms with Gasteiger partial charge < -0.3 is 14.2 Å². The fraction of sp³-hybridized carbons (Fsp3) is 0.571. The first-order chi connectivity index (χ1) is 5.98. The molecule has 0 saturated heterocycles. The van der Waals surface area contributed by atoms with E-state index in [9.17, 15) is 9.36 Å². The van der Waals surface area contributed by atoms with E-state index < -0.39 is 13.6 Å². The minimum absolute atomic E-state index is 0.127. The highest BCUT2D eigenvalue weighted by atomic mass is 31.2. The molecular weight excluding hydrogens is 195 g/mol. The van der Waals surface area contributed by atoms with Crippen LogP contribution in [0.5, 0.6) is 0 Å². The number of carbonyl (C=O) groups is 1. The number of hydrogen-bond donors (Lipinski definition) is 1. The Bertz CT molecular complexity index is 306. The van der Waals surface area contributed by atoms with Gasteiger partial charge in [-0.25, -0.2) is 9.36 Å². The van der Waals surface area contributed by atoms with Crippen LogP contribution in [-0.2, 0) is 18.4 Å². The summed E-state index contributed by atoms with van der Waals surface area (Å²) in [7, 11) is -1.76. The lowest BCUT2D eigenvalue weighted by Gasteiger charge is -2.23. The molecule has 1 aliphatic rings. The van der Waals surface area contributed by atoms with Crippen LogP contribution in [0.25, 0.3) is 0 Å². The molecule has 0 fully saturated rings. The third kappa shape index (κ3) is 2.11. The van der Waals surface area contributed by atoms with Gasteiger partial charge in [0.05, 0.1) is 11.7 Å². The number of rotatable bonds is 2. The van der Waals surface area contributed by atoms with Gasteiger partial charge in [0.2, 0.25) is 0 Å². The van der Waals surface area contributed by atoms with E-state index in [0.717, 1.165) is 0 Å². The van der Waals surface area contributed by atoms with Crippen molar-refractivity contribution in [2.75, 3.05) is 13.3 Å². The highest BCUT2D eigenvalue weighted by Gasteiger charge is 2.32. The summed E-state index contributed by atoms with van der Waals surface area (Å²) in [6.07, 6.45) is 0.356. The van der Waals surface area contributed by atoms with E-state index in [0.29, 0.717) is 0 Å². The van der Waals surface area contributed by atoms with Crippen molar-refractivity contribution in [3.05, 3.63) is 11.3 Å². The molecule has 0 aromatic heterocycles. The van der Waals surface area contributed by atoms with Crippen LogP contribution in [0.15, 0.2) is 11.3 Å². The SMILES string of the molecule is COP1(=O)CCC(C(=O)O)=C(C)O1. The molecule has 1 heterocycles. The highest BCUT2D eigenvalue weighted by Crippen LogP contribution is 2.53. The third-order valence-electron chi connectivity index (χ3n) is 1.87. The summed E-state index contributed by atoms with van der Waals surface area (Å²) in [5, 5.41) is 8.68. The second-order valence-electron chi connectivity index (χ2n) is 2.70. The molecule has 6 heteroatoms. The normalized spacial score (nSPS) is 28.5. The van der Waals surface area contributed by atoms with Gasteiger partial charge in [-0.05, 0) is 13.3 Å². The molecule has 5 nitrogen and oxygen atoms in total. The maximum atomic E-state index is 11.5. The van der Waals surface area contributed by atoms with Crippen molar-refractivity contribution in [1.29, 1.82) is 0 Å². The summed E-state index contributed by atoms with van der Waals surface area (Å²) < 4.78 is 21.1. The smallest absolute Gasteiger partial charge is 0.378 e. The van der Waals surface area contributed by atoms with Gasteiger partial charge >= 0.3 is 13.6 Å². The fourth-order valence-corrected chi connectivity index (χ4v) is 2.49. The molecular formula is C7H11O5P. The third-order valence-corrected chi connectivity index (χ3v) is 3.75. The lowest BCUT2D eigenvalue weighted by Crippen LogP contribution is -2.13. The van der Waals surface area contributed by atoms with Gasteiger partial charge in [0.1, 0.15) is 5.76 Å². The maximum Gasteiger partial charge on any atom is 0.378 e. The average Bonchev–Trinajstić information content (AvgIpc) is 2.03. The van der Waals surface area contributed by atoms with Gasteiger partial charge in [0.25, 0.3) is 0 Å². The predicted molar refractivity (Wildman–Crippen MR) is 45.5 cm³/mol. The topological polar surface area (TPSA) is 72.8 Å². The number of allylic oxidation sites excluding steroid dienone is 1. The fourth-order valence-electron chi connectivity index (χ4n) is 1.12. The van der Waals surface area contributed by atoms with Gasteiger partial charge in [-0.15, -0.1) is 0 Å². The molecule has 1 unspecified atom stereocenters. The zero-order valence-electron chi connectivity index (χ0n) is 7.44. The summed E-state index contributed by atoms with van der Waals surface area (Å²) in [6.45, 7) is 1.48. The van der Waals surface area contributed by atoms with Crippen LogP contribution in [0.4, 0.5) is 0 Å². The molecule has 0 radical (unpaired) electrons. The summed E-state index contributed by atoms with van der Waals surface area (Å²) in [4.78, 5) is 10.6. The Labute approximate surface area is 75.9 Å². The van der Waals surface area contributed by atoms with Crippen LogP contribution in [0, 0.1) is 0 Å². The quantitative estimate of drug-likeness (QED) is 0.694. The van der Waals surface area contributed by atoms with Crippen LogP contribution in [-0.4, -0.2) is 24.3 Å². The number of aliphatic carboxylic acids is 1. The Kier molecular flexibility index (Phi) is 2.78. The number of hydrogen-bond acceptors (Lipinski definition) is 4. The van der Waals surface area contributed by atoms with Crippen LogP contribution in [0.3, 0.4) is 0 Å². The molecule has 1 atom stereocenters. The second kappa shape index (κ2) is 3.52. The zero-order valence-corrected chi connectivity index (χ0v) is 8.34. The highest BCUT2D eigenvalue weighted by molar-refractivity contribution is 7.54. The average molecular weight is 206 g/mol. The van der Waals surface area contributed by atoms with Gasteiger partial charge in [-0.1, -0.05) is 0 Å². The molecule has 0 aliphatic carbocycles. The molecule has 1 rings (SSSR count). The molecule has 0 spiro atoms. The first-order valence-electron chi connectivity index (χ1n) is 3.76. The first kappa shape index (κ1) is 10.3. The Morgan fingerprint density at radius 2 is 2.31 bits per heavy atom. The van der Waals surface area contributed by atoms with E-state index >= 15 is 0 Å². The van der Waals surface area contributed by atoms with Crippen molar-refractivity contribution in [2.24, 2.45) is 0 Å². The van der Waals surface area contributed by atoms with Crippen molar-refractivity contribution in [2.45, 2.75) is 13.3 Å². The molecule has 0 saturated carbocycles. The first-order valence-corrected chi connectivity index (χ1v) is 5.49. The van der Waals surface area contributed by atoms with E-state index in [1.807, 2.05) is 0 Å². The summed E-state index contributed by atoms with van der Waals surface area (Å²) >= 11 is 0. The van der Waals surface area contributed by atoms with Gasteiger partial charge in [0, 0.05) is 7.11 Å². The van der Waals surface area contributed by atoms with Crippen molar-refractivity contribution in [3.63, 3.8) is 0 Å². The molecule has 0 amide bonds. The van der Waals surface area contributed by atoms with E-state index in [1.165, 1.54) is 14.0 Å². The molecule has 0 aromatic carbocycles. The largest absolute Gasteiger partial charge is 0.478 e. The molecule has 1 N–H and O–H groups in total. The maximum absolute atomic E-state index is 11.5. The Hall–Kier alpha value is -0.800. The molecule has 13 heavy (non-hydrogen) atoms. The van der Waals surface area contributed by atoms with E-state index in [2.05, 4.69) is 4.52 Å². The summed E-state index contributed by atoms with van der Waals surface area (Å²) in [5.41, 5.74) is 0.170. The standard InChI is InChI=1S/C7H11O5P/c1-5-6(7(8)9)3-4-13(10,11-2)12-5/h3-4H2,1-2H3,(H,8,9).